The molecule has 0 amide bonds. The molecule has 11 aromatic rings. The van der Waals surface area contributed by atoms with Crippen molar-refractivity contribution in [3.05, 3.63) is 217 Å². The molecule has 12 rings (SSSR count). The van der Waals surface area contributed by atoms with E-state index in [1.807, 2.05) is 11.3 Å². The van der Waals surface area contributed by atoms with Crippen LogP contribution in [0.25, 0.3) is 81.0 Å². The maximum atomic E-state index is 2.40. The zero-order valence-corrected chi connectivity index (χ0v) is 32.5. The topological polar surface area (TPSA) is 8.17 Å². The van der Waals surface area contributed by atoms with Crippen LogP contribution in [-0.2, 0) is 6.42 Å². The molecule has 0 atom stereocenters. The number of para-hydroxylation sites is 2. The molecule has 1 aliphatic rings. The lowest BCUT2D eigenvalue weighted by Gasteiger charge is -2.26. The quantitative estimate of drug-likeness (QED) is 0.164. The first-order valence-corrected chi connectivity index (χ1v) is 20.8. The molecule has 0 aliphatic heterocycles. The highest BCUT2D eigenvalue weighted by molar-refractivity contribution is 7.25. The van der Waals surface area contributed by atoms with Gasteiger partial charge >= 0.3 is 0 Å². The number of hydrogen-bond acceptors (Lipinski definition) is 2. The Morgan fingerprint density at radius 2 is 0.931 bits per heavy atom. The third-order valence-electron chi connectivity index (χ3n) is 12.0. The van der Waals surface area contributed by atoms with Crippen molar-refractivity contribution in [3.8, 4) is 39.1 Å². The molecular weight excluding hydrogens is 721 g/mol. The highest BCUT2D eigenvalue weighted by Crippen LogP contribution is 2.44. The van der Waals surface area contributed by atoms with Gasteiger partial charge in [0.2, 0.25) is 0 Å². The molecule has 9 aromatic carbocycles. The normalized spacial score (nSPS) is 12.1. The SMILES string of the molecule is c1ccc(-n2c3ccccc3c3ccc(-c4ccc(N(c5ccc(-c6ccc7c(c6)sc6ccccc67)cc5)c5ccc6c(c5)-c5ccccc5C6)cc4)cc32)cc1. The van der Waals surface area contributed by atoms with Gasteiger partial charge in [0, 0.05) is 53.7 Å². The minimum atomic E-state index is 0.979. The molecule has 0 N–H and O–H groups in total. The predicted molar refractivity (Wildman–Crippen MR) is 247 cm³/mol. The summed E-state index contributed by atoms with van der Waals surface area (Å²) >= 11 is 1.87. The van der Waals surface area contributed by atoms with E-state index < -0.39 is 0 Å². The van der Waals surface area contributed by atoms with E-state index in [9.17, 15) is 0 Å². The Hall–Kier alpha value is -7.20. The Morgan fingerprint density at radius 3 is 1.72 bits per heavy atom. The number of anilines is 3. The molecule has 272 valence electrons. The summed E-state index contributed by atoms with van der Waals surface area (Å²) in [6.45, 7) is 0. The Kier molecular flexibility index (Phi) is 7.51. The smallest absolute Gasteiger partial charge is 0.0547 e. The largest absolute Gasteiger partial charge is 0.310 e. The summed E-state index contributed by atoms with van der Waals surface area (Å²) in [4.78, 5) is 2.40. The molecule has 0 bridgehead atoms. The minimum Gasteiger partial charge on any atom is -0.310 e. The molecule has 2 aromatic heterocycles. The van der Waals surface area contributed by atoms with Gasteiger partial charge < -0.3 is 9.47 Å². The second kappa shape index (κ2) is 13.2. The van der Waals surface area contributed by atoms with Crippen LogP contribution in [0.15, 0.2) is 206 Å². The van der Waals surface area contributed by atoms with Crippen LogP contribution in [0.4, 0.5) is 17.1 Å². The summed E-state index contributed by atoms with van der Waals surface area (Å²) in [6, 6.07) is 75.9. The fourth-order valence-electron chi connectivity index (χ4n) is 9.21. The molecule has 2 nitrogen and oxygen atoms in total. The Balaban J connectivity index is 0.947. The highest BCUT2D eigenvalue weighted by atomic mass is 32.1. The van der Waals surface area contributed by atoms with Crippen molar-refractivity contribution in [1.29, 1.82) is 0 Å². The van der Waals surface area contributed by atoms with E-state index in [4.69, 9.17) is 0 Å². The van der Waals surface area contributed by atoms with Gasteiger partial charge in [-0.15, -0.1) is 11.3 Å². The lowest BCUT2D eigenvalue weighted by molar-refractivity contribution is 1.18. The zero-order chi connectivity index (χ0) is 38.2. The summed E-state index contributed by atoms with van der Waals surface area (Å²) in [5.74, 6) is 0. The highest BCUT2D eigenvalue weighted by Gasteiger charge is 2.21. The molecule has 0 saturated carbocycles. The maximum absolute atomic E-state index is 2.40. The van der Waals surface area contributed by atoms with Crippen molar-refractivity contribution in [2.24, 2.45) is 0 Å². The van der Waals surface area contributed by atoms with Gasteiger partial charge in [0.15, 0.2) is 0 Å². The van der Waals surface area contributed by atoms with Crippen LogP contribution < -0.4 is 4.90 Å². The average Bonchev–Trinajstić information content (AvgIpc) is 3.96. The average molecular weight is 757 g/mol. The van der Waals surface area contributed by atoms with E-state index >= 15 is 0 Å². The summed E-state index contributed by atoms with van der Waals surface area (Å²) in [7, 11) is 0. The van der Waals surface area contributed by atoms with Crippen LogP contribution in [0.5, 0.6) is 0 Å². The third kappa shape index (κ3) is 5.32. The lowest BCUT2D eigenvalue weighted by Crippen LogP contribution is -2.10. The number of rotatable bonds is 6. The van der Waals surface area contributed by atoms with Gasteiger partial charge in [-0.25, -0.2) is 0 Å². The third-order valence-corrected chi connectivity index (χ3v) is 13.2. The monoisotopic (exact) mass is 756 g/mol. The number of benzene rings is 9. The van der Waals surface area contributed by atoms with E-state index in [1.165, 1.54) is 92.2 Å². The van der Waals surface area contributed by atoms with E-state index in [0.29, 0.717) is 0 Å². The number of nitrogens with zero attached hydrogens (tertiary/aromatic N) is 2. The minimum absolute atomic E-state index is 0.979. The number of fused-ring (bicyclic) bond motifs is 9. The first-order chi connectivity index (χ1) is 28.7. The van der Waals surface area contributed by atoms with Crippen molar-refractivity contribution in [1.82, 2.24) is 4.57 Å². The molecule has 0 spiro atoms. The van der Waals surface area contributed by atoms with Gasteiger partial charge in [0.1, 0.15) is 0 Å². The van der Waals surface area contributed by atoms with Crippen LogP contribution in [0.1, 0.15) is 11.1 Å². The number of aromatic nitrogens is 1. The Morgan fingerprint density at radius 1 is 0.362 bits per heavy atom. The van der Waals surface area contributed by atoms with Gasteiger partial charge in [-0.2, -0.15) is 0 Å². The molecule has 2 heterocycles. The van der Waals surface area contributed by atoms with Gasteiger partial charge in [-0.05, 0) is 124 Å². The summed E-state index contributed by atoms with van der Waals surface area (Å²) in [6.07, 6.45) is 0.979. The van der Waals surface area contributed by atoms with E-state index in [2.05, 4.69) is 216 Å². The van der Waals surface area contributed by atoms with Crippen molar-refractivity contribution in [2.45, 2.75) is 6.42 Å². The van der Waals surface area contributed by atoms with Crippen LogP contribution in [0, 0.1) is 0 Å². The molecule has 0 saturated heterocycles. The first kappa shape index (κ1) is 33.0. The Labute approximate surface area is 341 Å². The molecule has 0 unspecified atom stereocenters. The molecule has 1 aliphatic carbocycles. The lowest BCUT2D eigenvalue weighted by atomic mass is 10.0. The van der Waals surface area contributed by atoms with Crippen LogP contribution in [0.3, 0.4) is 0 Å². The molecule has 0 radical (unpaired) electrons. The summed E-state index contributed by atoms with van der Waals surface area (Å²) < 4.78 is 5.05. The van der Waals surface area contributed by atoms with Crippen molar-refractivity contribution in [3.63, 3.8) is 0 Å². The predicted octanol–water partition coefficient (Wildman–Crippen LogP) is 15.5. The fraction of sp³-hybridized carbons (Fsp3) is 0.0182. The second-order valence-corrected chi connectivity index (χ2v) is 16.4. The summed E-state index contributed by atoms with van der Waals surface area (Å²) in [5.41, 5.74) is 17.3. The van der Waals surface area contributed by atoms with Crippen LogP contribution in [0.2, 0.25) is 0 Å². The molecule has 58 heavy (non-hydrogen) atoms. The molecule has 3 heteroatoms. The van der Waals surface area contributed by atoms with Gasteiger partial charge in [0.25, 0.3) is 0 Å². The van der Waals surface area contributed by atoms with E-state index in [1.54, 1.807) is 0 Å². The van der Waals surface area contributed by atoms with Gasteiger partial charge in [-0.1, -0.05) is 133 Å². The zero-order valence-electron chi connectivity index (χ0n) is 31.6. The summed E-state index contributed by atoms with van der Waals surface area (Å²) in [5, 5.41) is 5.19. The molecule has 0 fully saturated rings. The van der Waals surface area contributed by atoms with Crippen LogP contribution in [-0.4, -0.2) is 4.57 Å². The first-order valence-electron chi connectivity index (χ1n) is 20.0. The molecular formula is C55H36N2S. The fourth-order valence-corrected chi connectivity index (χ4v) is 10.4. The second-order valence-electron chi connectivity index (χ2n) is 15.3. The standard InChI is InChI=1S/C55H36N2S/c1-2-11-42(12-3-1)57-52-16-8-6-14-47(52)48-30-23-38(33-53(48)57)36-18-25-43(26-19-36)56(45-29-22-41-32-40-10-4-5-13-46(40)51(41)35-45)44-27-20-37(21-28-44)39-24-31-50-49-15-7-9-17-54(49)58-55(50)34-39/h1-31,33-35H,32H2. The van der Waals surface area contributed by atoms with Crippen molar-refractivity contribution < 1.29 is 0 Å². The maximum Gasteiger partial charge on any atom is 0.0547 e. The van der Waals surface area contributed by atoms with Gasteiger partial charge in [0.05, 0.1) is 11.0 Å². The van der Waals surface area contributed by atoms with Crippen molar-refractivity contribution >= 4 is 70.4 Å². The van der Waals surface area contributed by atoms with E-state index in [-0.39, 0.29) is 0 Å². The van der Waals surface area contributed by atoms with E-state index in [0.717, 1.165) is 23.5 Å². The number of thiophene rings is 1. The Bertz CT molecular complexity index is 3350. The van der Waals surface area contributed by atoms with Gasteiger partial charge in [-0.3, -0.25) is 0 Å². The van der Waals surface area contributed by atoms with Crippen LogP contribution >= 0.6 is 11.3 Å². The number of hydrogen-bond donors (Lipinski definition) is 0. The van der Waals surface area contributed by atoms with Crippen molar-refractivity contribution in [2.75, 3.05) is 4.90 Å².